The highest BCUT2D eigenvalue weighted by atomic mass is 79.9. The van der Waals surface area contributed by atoms with Gasteiger partial charge < -0.3 is 15.5 Å². The van der Waals surface area contributed by atoms with Crippen LogP contribution in [0.5, 0.6) is 5.75 Å². The second kappa shape index (κ2) is 5.75. The summed E-state index contributed by atoms with van der Waals surface area (Å²) in [6.45, 7) is 0. The molecule has 0 atom stereocenters. The lowest BCUT2D eigenvalue weighted by Gasteiger charge is -2.08. The van der Waals surface area contributed by atoms with Gasteiger partial charge >= 0.3 is 5.97 Å². The van der Waals surface area contributed by atoms with Crippen molar-refractivity contribution < 1.29 is 19.8 Å². The minimum absolute atomic E-state index is 0.135. The van der Waals surface area contributed by atoms with Crippen molar-refractivity contribution in [1.29, 1.82) is 0 Å². The summed E-state index contributed by atoms with van der Waals surface area (Å²) in [6, 6.07) is 11.3. The number of carboxylic acid groups (broad SMARTS) is 1. The van der Waals surface area contributed by atoms with Crippen LogP contribution in [-0.4, -0.2) is 22.1 Å². The van der Waals surface area contributed by atoms with Crippen molar-refractivity contribution in [3.8, 4) is 5.75 Å². The van der Waals surface area contributed by atoms with Crippen LogP contribution in [0.15, 0.2) is 46.9 Å². The number of phenols is 1. The first-order valence-electron chi connectivity index (χ1n) is 5.61. The van der Waals surface area contributed by atoms with E-state index in [0.717, 1.165) is 6.07 Å². The fourth-order valence-corrected chi connectivity index (χ4v) is 2.08. The standard InChI is InChI=1S/C14H10BrNO4/c15-11-7-8(6-10(12(11)17)14(19)20)13(18)16-9-4-2-1-3-5-9/h1-7,17H,(H,16,18)(H,19,20). The zero-order valence-corrected chi connectivity index (χ0v) is 11.7. The number of carbonyl (C=O) groups is 2. The van der Waals surface area contributed by atoms with Gasteiger partial charge in [0.2, 0.25) is 0 Å². The molecule has 0 bridgehead atoms. The van der Waals surface area contributed by atoms with Gasteiger partial charge in [-0.15, -0.1) is 0 Å². The highest BCUT2D eigenvalue weighted by molar-refractivity contribution is 9.10. The average molecular weight is 336 g/mol. The molecule has 0 heterocycles. The third-order valence-corrected chi connectivity index (χ3v) is 3.19. The predicted molar refractivity (Wildman–Crippen MR) is 77.2 cm³/mol. The van der Waals surface area contributed by atoms with Crippen LogP contribution in [0.2, 0.25) is 0 Å². The zero-order chi connectivity index (χ0) is 14.7. The zero-order valence-electron chi connectivity index (χ0n) is 10.1. The summed E-state index contributed by atoms with van der Waals surface area (Å²) >= 11 is 3.03. The van der Waals surface area contributed by atoms with Gasteiger partial charge in [-0.1, -0.05) is 18.2 Å². The molecule has 2 aromatic rings. The molecule has 20 heavy (non-hydrogen) atoms. The van der Waals surface area contributed by atoms with Gasteiger partial charge in [-0.05, 0) is 40.2 Å². The summed E-state index contributed by atoms with van der Waals surface area (Å²) in [5, 5.41) is 21.2. The SMILES string of the molecule is O=C(Nc1ccccc1)c1cc(Br)c(O)c(C(=O)O)c1. The van der Waals surface area contributed by atoms with Gasteiger partial charge in [0, 0.05) is 11.3 Å². The Hall–Kier alpha value is -2.34. The van der Waals surface area contributed by atoms with E-state index >= 15 is 0 Å². The number of benzene rings is 2. The molecule has 0 unspecified atom stereocenters. The van der Waals surface area contributed by atoms with Crippen LogP contribution in [0.3, 0.4) is 0 Å². The minimum Gasteiger partial charge on any atom is -0.506 e. The van der Waals surface area contributed by atoms with E-state index in [0.29, 0.717) is 5.69 Å². The molecule has 0 saturated heterocycles. The lowest BCUT2D eigenvalue weighted by atomic mass is 10.1. The van der Waals surface area contributed by atoms with Crippen molar-refractivity contribution >= 4 is 33.5 Å². The molecule has 2 aromatic carbocycles. The smallest absolute Gasteiger partial charge is 0.339 e. The molecule has 6 heteroatoms. The Morgan fingerprint density at radius 2 is 1.75 bits per heavy atom. The molecule has 0 aliphatic rings. The van der Waals surface area contributed by atoms with Gasteiger partial charge in [-0.3, -0.25) is 4.79 Å². The van der Waals surface area contributed by atoms with E-state index in [-0.39, 0.29) is 15.6 Å². The van der Waals surface area contributed by atoms with Crippen LogP contribution < -0.4 is 5.32 Å². The summed E-state index contributed by atoms with van der Waals surface area (Å²) in [6.07, 6.45) is 0. The monoisotopic (exact) mass is 335 g/mol. The summed E-state index contributed by atoms with van der Waals surface area (Å²) in [7, 11) is 0. The maximum Gasteiger partial charge on any atom is 0.339 e. The van der Waals surface area contributed by atoms with E-state index in [1.165, 1.54) is 6.07 Å². The minimum atomic E-state index is -1.31. The van der Waals surface area contributed by atoms with Crippen LogP contribution in [0.1, 0.15) is 20.7 Å². The molecule has 0 radical (unpaired) electrons. The number of carbonyl (C=O) groups excluding carboxylic acids is 1. The average Bonchev–Trinajstić information content (AvgIpc) is 2.42. The fraction of sp³-hybridized carbons (Fsp3) is 0. The van der Waals surface area contributed by atoms with Crippen molar-refractivity contribution in [2.45, 2.75) is 0 Å². The van der Waals surface area contributed by atoms with Gasteiger partial charge in [0.25, 0.3) is 5.91 Å². The Kier molecular flexibility index (Phi) is 4.05. The Morgan fingerprint density at radius 1 is 1.10 bits per heavy atom. The number of aromatic carboxylic acids is 1. The van der Waals surface area contributed by atoms with Gasteiger partial charge in [0.15, 0.2) is 0 Å². The van der Waals surface area contributed by atoms with E-state index in [4.69, 9.17) is 5.11 Å². The van der Waals surface area contributed by atoms with Gasteiger partial charge in [0.1, 0.15) is 11.3 Å². The molecule has 0 fully saturated rings. The highest BCUT2D eigenvalue weighted by Crippen LogP contribution is 2.29. The Morgan fingerprint density at radius 3 is 2.35 bits per heavy atom. The molecule has 1 amide bonds. The first-order valence-corrected chi connectivity index (χ1v) is 6.40. The maximum absolute atomic E-state index is 12.0. The molecule has 0 spiro atoms. The van der Waals surface area contributed by atoms with E-state index in [9.17, 15) is 14.7 Å². The normalized spacial score (nSPS) is 10.1. The molecule has 0 aliphatic heterocycles. The summed E-state index contributed by atoms with van der Waals surface area (Å²) in [4.78, 5) is 23.0. The summed E-state index contributed by atoms with van der Waals surface area (Å²) in [5.41, 5.74) is 0.395. The van der Waals surface area contributed by atoms with Crippen LogP contribution in [0.25, 0.3) is 0 Å². The maximum atomic E-state index is 12.0. The first-order chi connectivity index (χ1) is 9.49. The van der Waals surface area contributed by atoms with Crippen molar-refractivity contribution in [2.75, 3.05) is 5.32 Å². The molecule has 3 N–H and O–H groups in total. The van der Waals surface area contributed by atoms with E-state index in [1.807, 2.05) is 6.07 Å². The van der Waals surface area contributed by atoms with Gasteiger partial charge in [0.05, 0.1) is 4.47 Å². The molecular formula is C14H10BrNO4. The van der Waals surface area contributed by atoms with Crippen LogP contribution in [0, 0.1) is 0 Å². The number of hydrogen-bond acceptors (Lipinski definition) is 3. The molecule has 2 rings (SSSR count). The van der Waals surface area contributed by atoms with Gasteiger partial charge in [-0.2, -0.15) is 0 Å². The topological polar surface area (TPSA) is 86.6 Å². The Bertz CT molecular complexity index is 670. The van der Waals surface area contributed by atoms with Gasteiger partial charge in [-0.25, -0.2) is 4.79 Å². The second-order valence-electron chi connectivity index (χ2n) is 3.98. The summed E-state index contributed by atoms with van der Waals surface area (Å²) < 4.78 is 0.149. The first kappa shape index (κ1) is 14.1. The number of amides is 1. The highest BCUT2D eigenvalue weighted by Gasteiger charge is 2.17. The molecule has 0 aliphatic carbocycles. The number of hydrogen-bond donors (Lipinski definition) is 3. The molecule has 5 nitrogen and oxygen atoms in total. The third-order valence-electron chi connectivity index (χ3n) is 2.59. The number of para-hydroxylation sites is 1. The number of halogens is 1. The van der Waals surface area contributed by atoms with E-state index in [1.54, 1.807) is 24.3 Å². The molecular weight excluding hydrogens is 326 g/mol. The molecule has 0 aromatic heterocycles. The van der Waals surface area contributed by atoms with Crippen LogP contribution >= 0.6 is 15.9 Å². The molecule has 102 valence electrons. The number of carboxylic acids is 1. The van der Waals surface area contributed by atoms with Crippen molar-refractivity contribution in [3.63, 3.8) is 0 Å². The summed E-state index contributed by atoms with van der Waals surface area (Å²) in [5.74, 6) is -2.18. The lowest BCUT2D eigenvalue weighted by molar-refractivity contribution is 0.0693. The Balaban J connectivity index is 2.33. The largest absolute Gasteiger partial charge is 0.506 e. The number of aromatic hydroxyl groups is 1. The quantitative estimate of drug-likeness (QED) is 0.804. The second-order valence-corrected chi connectivity index (χ2v) is 4.83. The van der Waals surface area contributed by atoms with Crippen LogP contribution in [0.4, 0.5) is 5.69 Å². The fourth-order valence-electron chi connectivity index (χ4n) is 1.62. The van der Waals surface area contributed by atoms with E-state index in [2.05, 4.69) is 21.2 Å². The number of rotatable bonds is 3. The molecule has 0 saturated carbocycles. The Labute approximate surface area is 123 Å². The third kappa shape index (κ3) is 2.97. The van der Waals surface area contributed by atoms with Crippen molar-refractivity contribution in [1.82, 2.24) is 0 Å². The van der Waals surface area contributed by atoms with Crippen molar-refractivity contribution in [2.24, 2.45) is 0 Å². The number of nitrogens with one attached hydrogen (secondary N) is 1. The van der Waals surface area contributed by atoms with Crippen molar-refractivity contribution in [3.05, 3.63) is 58.1 Å². The van der Waals surface area contributed by atoms with E-state index < -0.39 is 17.6 Å². The van der Waals surface area contributed by atoms with Crippen LogP contribution in [-0.2, 0) is 0 Å². The lowest BCUT2D eigenvalue weighted by Crippen LogP contribution is -2.13. The number of anilines is 1. The predicted octanol–water partition coefficient (Wildman–Crippen LogP) is 3.11.